The lowest BCUT2D eigenvalue weighted by Gasteiger charge is -2.33. The van der Waals surface area contributed by atoms with Crippen LogP contribution in [0, 0.1) is 6.92 Å². The van der Waals surface area contributed by atoms with Crippen molar-refractivity contribution in [2.24, 2.45) is 0 Å². The van der Waals surface area contributed by atoms with E-state index in [1.165, 1.54) is 48.2 Å². The molecule has 0 saturated carbocycles. The molecule has 1 saturated heterocycles. The molecule has 2 aromatic rings. The molecule has 0 amide bonds. The number of ketones is 1. The summed E-state index contributed by atoms with van der Waals surface area (Å²) in [5.74, 6) is 1.25. The molecule has 1 heterocycles. The first-order chi connectivity index (χ1) is 11.7. The predicted molar refractivity (Wildman–Crippen MR) is 99.2 cm³/mol. The third kappa shape index (κ3) is 2.91. The molecule has 2 aromatic carbocycles. The van der Waals surface area contributed by atoms with Crippen LogP contribution in [-0.4, -0.2) is 28.6 Å². The van der Waals surface area contributed by atoms with E-state index in [4.69, 9.17) is 0 Å². The van der Waals surface area contributed by atoms with Crippen molar-refractivity contribution in [3.63, 3.8) is 0 Å². The van der Waals surface area contributed by atoms with E-state index in [2.05, 4.69) is 54.3 Å². The summed E-state index contributed by atoms with van der Waals surface area (Å²) < 4.78 is 0. The molecule has 0 unspecified atom stereocenters. The van der Waals surface area contributed by atoms with Crippen molar-refractivity contribution in [3.8, 4) is 0 Å². The lowest BCUT2D eigenvalue weighted by molar-refractivity contribution is 0.204. The number of rotatable bonds is 3. The Morgan fingerprint density at radius 2 is 1.75 bits per heavy atom. The fourth-order valence-corrected chi connectivity index (χ4v) is 4.43. The minimum absolute atomic E-state index is 0.581. The van der Waals surface area contributed by atoms with Crippen LogP contribution >= 0.6 is 0 Å². The summed E-state index contributed by atoms with van der Waals surface area (Å²) in [4.78, 5) is 12.6. The fourth-order valence-electron chi connectivity index (χ4n) is 4.43. The van der Waals surface area contributed by atoms with Gasteiger partial charge in [0.25, 0.3) is 0 Å². The number of piperidine rings is 1. The molecule has 4 rings (SSSR count). The number of nitrogens with zero attached hydrogens (tertiary/aromatic N) is 1. The van der Waals surface area contributed by atoms with Gasteiger partial charge < -0.3 is 0 Å². The molecule has 124 valence electrons. The zero-order valence-electron chi connectivity index (χ0n) is 14.5. The third-order valence-electron chi connectivity index (χ3n) is 5.84. The first kappa shape index (κ1) is 15.6. The molecule has 1 N–H and O–H groups in total. The second kappa shape index (κ2) is 6.52. The molecule has 24 heavy (non-hydrogen) atoms. The monoisotopic (exact) mass is 320 g/mol. The SMILES string of the molecule is Cc1c(C2CCN(Cc3ccccc3)CC2)ccc2c1CCC2=[OH+]. The van der Waals surface area contributed by atoms with Gasteiger partial charge >= 0.3 is 5.78 Å². The summed E-state index contributed by atoms with van der Waals surface area (Å²) in [5, 5.41) is 0. The van der Waals surface area contributed by atoms with Crippen LogP contribution in [0.1, 0.15) is 53.0 Å². The highest BCUT2D eigenvalue weighted by molar-refractivity contribution is 6.01. The van der Waals surface area contributed by atoms with Gasteiger partial charge in [-0.1, -0.05) is 36.4 Å². The van der Waals surface area contributed by atoms with E-state index in [1.807, 2.05) is 0 Å². The van der Waals surface area contributed by atoms with Gasteiger partial charge in [-0.05, 0) is 73.5 Å². The van der Waals surface area contributed by atoms with E-state index in [9.17, 15) is 4.79 Å². The highest BCUT2D eigenvalue weighted by Gasteiger charge is 2.29. The van der Waals surface area contributed by atoms with Gasteiger partial charge in [-0.2, -0.15) is 0 Å². The maximum absolute atomic E-state index is 9.99. The molecule has 2 nitrogen and oxygen atoms in total. The van der Waals surface area contributed by atoms with E-state index in [0.29, 0.717) is 11.7 Å². The smallest absolute Gasteiger partial charge is 0.299 e. The molecule has 2 heteroatoms. The van der Waals surface area contributed by atoms with Crippen LogP contribution in [0.25, 0.3) is 0 Å². The maximum Gasteiger partial charge on any atom is 0.324 e. The standard InChI is InChI=1S/C22H25NO/c1-16-19(7-8-21-20(16)9-10-22(21)24)18-11-13-23(14-12-18)15-17-5-3-2-4-6-17/h2-8,18H,9-15H2,1H3/p+1. The minimum Gasteiger partial charge on any atom is -0.299 e. The number of hydrogen-bond acceptors (Lipinski definition) is 1. The van der Waals surface area contributed by atoms with Crippen LogP contribution in [0.2, 0.25) is 0 Å². The quantitative estimate of drug-likeness (QED) is 0.777. The van der Waals surface area contributed by atoms with Gasteiger partial charge in [-0.3, -0.25) is 9.69 Å². The number of carbonyl (C=O) groups excluding carboxylic acids is 1. The molecule has 0 spiro atoms. The van der Waals surface area contributed by atoms with Crippen LogP contribution in [-0.2, 0) is 13.0 Å². The molecule has 0 radical (unpaired) electrons. The highest BCUT2D eigenvalue weighted by atomic mass is 16.1. The summed E-state index contributed by atoms with van der Waals surface area (Å²) in [6, 6.07) is 15.2. The Labute approximate surface area is 144 Å². The van der Waals surface area contributed by atoms with Gasteiger partial charge in [0.05, 0.1) is 12.0 Å². The average molecular weight is 320 g/mol. The molecule has 0 aromatic heterocycles. The zero-order valence-corrected chi connectivity index (χ0v) is 14.5. The van der Waals surface area contributed by atoms with E-state index in [0.717, 1.165) is 24.9 Å². The summed E-state index contributed by atoms with van der Waals surface area (Å²) in [6.45, 7) is 5.67. The third-order valence-corrected chi connectivity index (χ3v) is 5.84. The first-order valence-corrected chi connectivity index (χ1v) is 9.16. The largest absolute Gasteiger partial charge is 0.324 e. The topological polar surface area (TPSA) is 24.6 Å². The lowest BCUT2D eigenvalue weighted by Crippen LogP contribution is -2.32. The molecular weight excluding hydrogens is 294 g/mol. The van der Waals surface area contributed by atoms with Gasteiger partial charge in [-0.25, -0.2) is 0 Å². The van der Waals surface area contributed by atoms with Crippen LogP contribution in [0.5, 0.6) is 0 Å². The number of hydrogen-bond donors (Lipinski definition) is 0. The summed E-state index contributed by atoms with van der Waals surface area (Å²) in [6.07, 6.45) is 4.30. The fraction of sp³-hybridized carbons (Fsp3) is 0.409. The Bertz CT molecular complexity index is 742. The van der Waals surface area contributed by atoms with E-state index >= 15 is 0 Å². The zero-order chi connectivity index (χ0) is 16.5. The van der Waals surface area contributed by atoms with E-state index in [1.54, 1.807) is 0 Å². The average Bonchev–Trinajstić information content (AvgIpc) is 2.99. The van der Waals surface area contributed by atoms with Crippen LogP contribution in [0.15, 0.2) is 42.5 Å². The summed E-state index contributed by atoms with van der Waals surface area (Å²) in [7, 11) is 0. The van der Waals surface area contributed by atoms with E-state index < -0.39 is 0 Å². The van der Waals surface area contributed by atoms with Crippen LogP contribution in [0.4, 0.5) is 0 Å². The molecule has 2 aliphatic rings. The highest BCUT2D eigenvalue weighted by Crippen LogP contribution is 2.35. The minimum atomic E-state index is 0.581. The van der Waals surface area contributed by atoms with Crippen LogP contribution < -0.4 is 0 Å². The molecular formula is C22H26NO+. The van der Waals surface area contributed by atoms with E-state index in [-0.39, 0.29) is 0 Å². The maximum atomic E-state index is 9.99. The molecule has 1 aliphatic carbocycles. The Morgan fingerprint density at radius 1 is 1.00 bits per heavy atom. The molecule has 0 bridgehead atoms. The van der Waals surface area contributed by atoms with Crippen molar-refractivity contribution in [2.75, 3.05) is 13.1 Å². The Kier molecular flexibility index (Phi) is 4.24. The van der Waals surface area contributed by atoms with Gasteiger partial charge in [0, 0.05) is 6.54 Å². The lowest BCUT2D eigenvalue weighted by atomic mass is 9.84. The first-order valence-electron chi connectivity index (χ1n) is 9.16. The van der Waals surface area contributed by atoms with Crippen molar-refractivity contribution in [1.29, 1.82) is 0 Å². The van der Waals surface area contributed by atoms with Gasteiger partial charge in [0.15, 0.2) is 0 Å². The van der Waals surface area contributed by atoms with Crippen molar-refractivity contribution in [2.45, 2.75) is 45.1 Å². The Hall–Kier alpha value is -1.93. The van der Waals surface area contributed by atoms with Crippen molar-refractivity contribution in [1.82, 2.24) is 4.90 Å². The predicted octanol–water partition coefficient (Wildman–Crippen LogP) is 4.21. The number of fused-ring (bicyclic) bond motifs is 1. The van der Waals surface area contributed by atoms with Crippen molar-refractivity contribution in [3.05, 3.63) is 70.3 Å². The van der Waals surface area contributed by atoms with Crippen molar-refractivity contribution >= 4 is 5.78 Å². The molecule has 0 atom stereocenters. The normalized spacial score (nSPS) is 18.8. The van der Waals surface area contributed by atoms with Gasteiger partial charge in [-0.15, -0.1) is 0 Å². The van der Waals surface area contributed by atoms with Gasteiger partial charge in [0.2, 0.25) is 0 Å². The van der Waals surface area contributed by atoms with Gasteiger partial charge in [0.1, 0.15) is 0 Å². The van der Waals surface area contributed by atoms with Crippen LogP contribution in [0.3, 0.4) is 0 Å². The second-order valence-electron chi connectivity index (χ2n) is 7.29. The molecule has 1 fully saturated rings. The summed E-state index contributed by atoms with van der Waals surface area (Å²) in [5.41, 5.74) is 6.84. The number of benzene rings is 2. The molecule has 1 aliphatic heterocycles. The Balaban J connectivity index is 1.44. The van der Waals surface area contributed by atoms with Crippen molar-refractivity contribution < 1.29 is 4.79 Å². The number of likely N-dealkylation sites (tertiary alicyclic amines) is 1. The Morgan fingerprint density at radius 3 is 2.50 bits per heavy atom. The second-order valence-corrected chi connectivity index (χ2v) is 7.29. The summed E-state index contributed by atoms with van der Waals surface area (Å²) >= 11 is 0.